The molecule has 0 aliphatic carbocycles. The van der Waals surface area contributed by atoms with Gasteiger partial charge in [0.05, 0.1) is 5.39 Å². The van der Waals surface area contributed by atoms with Gasteiger partial charge < -0.3 is 10.2 Å². The number of fused-ring (bicyclic) bond motifs is 1. The summed E-state index contributed by atoms with van der Waals surface area (Å²) in [5, 5.41) is 6.65. The minimum atomic E-state index is 0.292. The summed E-state index contributed by atoms with van der Waals surface area (Å²) in [5.41, 5.74) is 0. The molecule has 0 bridgehead atoms. The van der Waals surface area contributed by atoms with E-state index < -0.39 is 0 Å². The first-order chi connectivity index (χ1) is 8.08. The Bertz CT molecular complexity index is 511. The van der Waals surface area contributed by atoms with E-state index in [-0.39, 0.29) is 0 Å². The molecule has 2 aromatic heterocycles. The van der Waals surface area contributed by atoms with Crippen molar-refractivity contribution in [3.63, 3.8) is 0 Å². The van der Waals surface area contributed by atoms with Crippen LogP contribution in [0.15, 0.2) is 11.4 Å². The van der Waals surface area contributed by atoms with Gasteiger partial charge >= 0.3 is 0 Å². The number of rotatable bonds is 4. The SMILES string of the molecule is CC(CNc1nc(Cl)nc2sccc12)N(C)C. The molecule has 6 heteroatoms. The molecule has 0 aliphatic heterocycles. The monoisotopic (exact) mass is 270 g/mol. The molecule has 2 aromatic rings. The van der Waals surface area contributed by atoms with Crippen LogP contribution in [0, 0.1) is 0 Å². The van der Waals surface area contributed by atoms with Crippen LogP contribution < -0.4 is 5.32 Å². The summed E-state index contributed by atoms with van der Waals surface area (Å²) in [4.78, 5) is 11.5. The average molecular weight is 271 g/mol. The number of nitrogens with zero attached hydrogens (tertiary/aromatic N) is 3. The number of hydrogen-bond donors (Lipinski definition) is 1. The number of anilines is 1. The number of nitrogens with one attached hydrogen (secondary N) is 1. The third-order valence-electron chi connectivity index (χ3n) is 2.74. The summed E-state index contributed by atoms with van der Waals surface area (Å²) in [7, 11) is 4.11. The quantitative estimate of drug-likeness (QED) is 0.868. The van der Waals surface area contributed by atoms with Crippen LogP contribution in [-0.2, 0) is 0 Å². The van der Waals surface area contributed by atoms with E-state index in [0.717, 1.165) is 22.6 Å². The van der Waals surface area contributed by atoms with Crippen molar-refractivity contribution in [2.24, 2.45) is 0 Å². The predicted octanol–water partition coefficient (Wildman–Crippen LogP) is 2.71. The molecular weight excluding hydrogens is 256 g/mol. The molecule has 0 radical (unpaired) electrons. The van der Waals surface area contributed by atoms with E-state index in [1.165, 1.54) is 0 Å². The maximum absolute atomic E-state index is 5.89. The lowest BCUT2D eigenvalue weighted by Crippen LogP contribution is -2.31. The molecule has 0 saturated heterocycles. The second-order valence-corrected chi connectivity index (χ2v) is 5.41. The van der Waals surface area contributed by atoms with E-state index in [2.05, 4.69) is 41.2 Å². The van der Waals surface area contributed by atoms with Crippen molar-refractivity contribution in [1.82, 2.24) is 14.9 Å². The fourth-order valence-corrected chi connectivity index (χ4v) is 2.37. The molecule has 0 aliphatic rings. The maximum Gasteiger partial charge on any atom is 0.225 e. The van der Waals surface area contributed by atoms with Crippen molar-refractivity contribution < 1.29 is 0 Å². The number of aromatic nitrogens is 2. The number of halogens is 1. The van der Waals surface area contributed by atoms with Crippen LogP contribution in [0.2, 0.25) is 5.28 Å². The minimum absolute atomic E-state index is 0.292. The number of likely N-dealkylation sites (N-methyl/N-ethyl adjacent to an activating group) is 1. The highest BCUT2D eigenvalue weighted by Crippen LogP contribution is 2.26. The fourth-order valence-electron chi connectivity index (χ4n) is 1.39. The molecule has 0 amide bonds. The molecule has 4 nitrogen and oxygen atoms in total. The van der Waals surface area contributed by atoms with E-state index in [1.807, 2.05) is 11.4 Å². The average Bonchev–Trinajstić information content (AvgIpc) is 2.72. The highest BCUT2D eigenvalue weighted by Gasteiger charge is 2.09. The van der Waals surface area contributed by atoms with Crippen LogP contribution in [0.3, 0.4) is 0 Å². The Hall–Kier alpha value is -0.910. The topological polar surface area (TPSA) is 41.1 Å². The summed E-state index contributed by atoms with van der Waals surface area (Å²) in [6.45, 7) is 2.98. The van der Waals surface area contributed by atoms with E-state index in [1.54, 1.807) is 11.3 Å². The predicted molar refractivity (Wildman–Crippen MR) is 74.1 cm³/mol. The molecule has 0 aromatic carbocycles. The fraction of sp³-hybridized carbons (Fsp3) is 0.455. The zero-order valence-corrected chi connectivity index (χ0v) is 11.6. The second kappa shape index (κ2) is 5.16. The smallest absolute Gasteiger partial charge is 0.225 e. The standard InChI is InChI=1S/C11H15ClN4S/c1-7(16(2)3)6-13-9-8-4-5-17-10(8)15-11(12)14-9/h4-5,7H,6H2,1-3H3,(H,13,14,15). The molecule has 0 saturated carbocycles. The van der Waals surface area contributed by atoms with Gasteiger partial charge in [-0.25, -0.2) is 9.97 Å². The largest absolute Gasteiger partial charge is 0.368 e. The highest BCUT2D eigenvalue weighted by molar-refractivity contribution is 7.16. The normalized spacial score (nSPS) is 13.2. The van der Waals surface area contributed by atoms with Gasteiger partial charge in [-0.05, 0) is 44.1 Å². The van der Waals surface area contributed by atoms with Crippen LogP contribution in [0.25, 0.3) is 10.2 Å². The van der Waals surface area contributed by atoms with Gasteiger partial charge in [0.1, 0.15) is 10.6 Å². The molecular formula is C11H15ClN4S. The van der Waals surface area contributed by atoms with Crippen LogP contribution >= 0.6 is 22.9 Å². The summed E-state index contributed by atoms with van der Waals surface area (Å²) in [6.07, 6.45) is 0. The third kappa shape index (κ3) is 2.86. The Kier molecular flexibility index (Phi) is 3.81. The summed E-state index contributed by atoms with van der Waals surface area (Å²) < 4.78 is 0. The number of hydrogen-bond acceptors (Lipinski definition) is 5. The Balaban J connectivity index is 2.20. The van der Waals surface area contributed by atoms with Crippen molar-refractivity contribution in [1.29, 1.82) is 0 Å². The van der Waals surface area contributed by atoms with Crippen molar-refractivity contribution in [2.75, 3.05) is 26.0 Å². The van der Waals surface area contributed by atoms with E-state index in [0.29, 0.717) is 11.3 Å². The minimum Gasteiger partial charge on any atom is -0.368 e. The van der Waals surface area contributed by atoms with Gasteiger partial charge in [0, 0.05) is 12.6 Å². The Morgan fingerprint density at radius 1 is 1.47 bits per heavy atom. The van der Waals surface area contributed by atoms with Crippen LogP contribution in [0.1, 0.15) is 6.92 Å². The van der Waals surface area contributed by atoms with Gasteiger partial charge in [0.2, 0.25) is 5.28 Å². The number of thiophene rings is 1. The lowest BCUT2D eigenvalue weighted by atomic mass is 10.3. The summed E-state index contributed by atoms with van der Waals surface area (Å²) in [6, 6.07) is 2.44. The Morgan fingerprint density at radius 3 is 2.94 bits per heavy atom. The first kappa shape index (κ1) is 12.5. The molecule has 1 unspecified atom stereocenters. The lowest BCUT2D eigenvalue weighted by molar-refractivity contribution is 0.326. The second-order valence-electron chi connectivity index (χ2n) is 4.17. The highest BCUT2D eigenvalue weighted by atomic mass is 35.5. The van der Waals surface area contributed by atoms with Crippen LogP contribution in [0.5, 0.6) is 0 Å². The first-order valence-electron chi connectivity index (χ1n) is 5.39. The third-order valence-corrected chi connectivity index (χ3v) is 3.72. The van der Waals surface area contributed by atoms with Crippen molar-refractivity contribution in [3.8, 4) is 0 Å². The van der Waals surface area contributed by atoms with Crippen molar-refractivity contribution >= 4 is 39.0 Å². The molecule has 1 N–H and O–H groups in total. The van der Waals surface area contributed by atoms with Gasteiger partial charge in [0.25, 0.3) is 0 Å². The van der Waals surface area contributed by atoms with E-state index >= 15 is 0 Å². The van der Waals surface area contributed by atoms with Gasteiger partial charge in [-0.15, -0.1) is 11.3 Å². The van der Waals surface area contributed by atoms with Crippen LogP contribution in [0.4, 0.5) is 5.82 Å². The van der Waals surface area contributed by atoms with Gasteiger partial charge in [-0.1, -0.05) is 0 Å². The van der Waals surface area contributed by atoms with Gasteiger partial charge in [0.15, 0.2) is 0 Å². The molecule has 0 fully saturated rings. The molecule has 0 spiro atoms. The Labute approximate surface area is 110 Å². The maximum atomic E-state index is 5.89. The molecule has 2 rings (SSSR count). The summed E-state index contributed by atoms with van der Waals surface area (Å²) >= 11 is 7.46. The molecule has 1 atom stereocenters. The zero-order valence-electron chi connectivity index (χ0n) is 10.1. The van der Waals surface area contributed by atoms with E-state index in [4.69, 9.17) is 11.6 Å². The van der Waals surface area contributed by atoms with Crippen molar-refractivity contribution in [3.05, 3.63) is 16.7 Å². The van der Waals surface area contributed by atoms with Crippen LogP contribution in [-0.4, -0.2) is 41.5 Å². The molecule has 2 heterocycles. The molecule has 92 valence electrons. The summed E-state index contributed by atoms with van der Waals surface area (Å²) in [5.74, 6) is 0.815. The Morgan fingerprint density at radius 2 is 2.24 bits per heavy atom. The van der Waals surface area contributed by atoms with Crippen molar-refractivity contribution in [2.45, 2.75) is 13.0 Å². The zero-order chi connectivity index (χ0) is 12.4. The van der Waals surface area contributed by atoms with E-state index in [9.17, 15) is 0 Å². The van der Waals surface area contributed by atoms with Gasteiger partial charge in [-0.3, -0.25) is 0 Å². The molecule has 17 heavy (non-hydrogen) atoms. The van der Waals surface area contributed by atoms with Gasteiger partial charge in [-0.2, -0.15) is 0 Å². The first-order valence-corrected chi connectivity index (χ1v) is 6.64. The lowest BCUT2D eigenvalue weighted by Gasteiger charge is -2.20.